The Labute approximate surface area is 81.9 Å². The van der Waals surface area contributed by atoms with Gasteiger partial charge in [-0.1, -0.05) is 0 Å². The van der Waals surface area contributed by atoms with Gasteiger partial charge in [-0.3, -0.25) is 0 Å². The molecule has 1 aromatic rings. The van der Waals surface area contributed by atoms with Gasteiger partial charge in [-0.15, -0.1) is 0 Å². The van der Waals surface area contributed by atoms with E-state index in [0.717, 1.165) is 30.9 Å². The van der Waals surface area contributed by atoms with Crippen LogP contribution in [0, 0.1) is 11.6 Å². The quantitative estimate of drug-likeness (QED) is 0.773. The Hall–Kier alpha value is -0.960. The summed E-state index contributed by atoms with van der Waals surface area (Å²) in [6.45, 7) is 0.556. The zero-order valence-electron chi connectivity index (χ0n) is 7.89. The van der Waals surface area contributed by atoms with Crippen LogP contribution in [-0.2, 0) is 6.42 Å². The minimum absolute atomic E-state index is 0.190. The molecule has 0 amide bonds. The van der Waals surface area contributed by atoms with Crippen LogP contribution in [0.4, 0.5) is 8.78 Å². The first kappa shape index (κ1) is 9.59. The molecular weight excluding hydrogens is 184 g/mol. The highest BCUT2D eigenvalue weighted by Crippen LogP contribution is 2.37. The van der Waals surface area contributed by atoms with Crippen molar-refractivity contribution in [2.45, 2.75) is 25.2 Å². The van der Waals surface area contributed by atoms with Crippen LogP contribution in [0.25, 0.3) is 0 Å². The zero-order valence-corrected chi connectivity index (χ0v) is 7.89. The van der Waals surface area contributed by atoms with Gasteiger partial charge >= 0.3 is 0 Å². The van der Waals surface area contributed by atoms with Crippen LogP contribution in [0.2, 0.25) is 0 Å². The Morgan fingerprint density at radius 2 is 2.14 bits per heavy atom. The summed E-state index contributed by atoms with van der Waals surface area (Å²) in [7, 11) is 0. The Balaban J connectivity index is 2.39. The number of benzene rings is 1. The van der Waals surface area contributed by atoms with Crippen LogP contribution in [-0.4, -0.2) is 6.54 Å². The van der Waals surface area contributed by atoms with Crippen molar-refractivity contribution in [1.29, 1.82) is 0 Å². The van der Waals surface area contributed by atoms with E-state index in [4.69, 9.17) is 5.73 Å². The highest BCUT2D eigenvalue weighted by molar-refractivity contribution is 5.36. The lowest BCUT2D eigenvalue weighted by atomic mass is 9.97. The average molecular weight is 197 g/mol. The van der Waals surface area contributed by atoms with Crippen molar-refractivity contribution in [2.75, 3.05) is 6.54 Å². The van der Waals surface area contributed by atoms with Crippen molar-refractivity contribution in [3.8, 4) is 0 Å². The van der Waals surface area contributed by atoms with Crippen molar-refractivity contribution >= 4 is 0 Å². The average Bonchev–Trinajstić information content (AvgIpc) is 2.49. The van der Waals surface area contributed by atoms with Gasteiger partial charge in [-0.2, -0.15) is 0 Å². The third-order valence-corrected chi connectivity index (χ3v) is 2.87. The number of rotatable bonds is 2. The molecule has 1 aliphatic carbocycles. The second kappa shape index (κ2) is 3.65. The summed E-state index contributed by atoms with van der Waals surface area (Å²) in [6, 6.07) is 2.41. The van der Waals surface area contributed by atoms with E-state index in [9.17, 15) is 8.78 Å². The Morgan fingerprint density at radius 1 is 1.36 bits per heavy atom. The topological polar surface area (TPSA) is 26.0 Å². The summed E-state index contributed by atoms with van der Waals surface area (Å²) in [5, 5.41) is 0. The molecule has 14 heavy (non-hydrogen) atoms. The van der Waals surface area contributed by atoms with Crippen molar-refractivity contribution in [3.05, 3.63) is 34.9 Å². The summed E-state index contributed by atoms with van der Waals surface area (Å²) >= 11 is 0. The van der Waals surface area contributed by atoms with E-state index in [1.807, 2.05) is 0 Å². The van der Waals surface area contributed by atoms with Gasteiger partial charge in [0.1, 0.15) is 11.6 Å². The Bertz CT molecular complexity index is 349. The lowest BCUT2D eigenvalue weighted by molar-refractivity contribution is 0.548. The number of fused-ring (bicyclic) bond motifs is 1. The predicted octanol–water partition coefficient (Wildman–Crippen LogP) is 2.34. The lowest BCUT2D eigenvalue weighted by Gasteiger charge is -2.10. The van der Waals surface area contributed by atoms with Gasteiger partial charge < -0.3 is 5.73 Å². The molecule has 3 heteroatoms. The van der Waals surface area contributed by atoms with Crippen LogP contribution in [0.15, 0.2) is 12.1 Å². The molecule has 0 saturated carbocycles. The summed E-state index contributed by atoms with van der Waals surface area (Å²) in [6.07, 6.45) is 2.46. The minimum atomic E-state index is -0.477. The van der Waals surface area contributed by atoms with Crippen LogP contribution >= 0.6 is 0 Å². The predicted molar refractivity (Wildman–Crippen MR) is 51.1 cm³/mol. The van der Waals surface area contributed by atoms with Gasteiger partial charge in [0.05, 0.1) is 0 Å². The zero-order chi connectivity index (χ0) is 10.1. The van der Waals surface area contributed by atoms with E-state index >= 15 is 0 Å². The van der Waals surface area contributed by atoms with Crippen LogP contribution in [0.1, 0.15) is 29.9 Å². The molecule has 1 aliphatic rings. The molecule has 0 bridgehead atoms. The smallest absolute Gasteiger partial charge is 0.129 e. The SMILES string of the molecule is NCCC1CCc2cc(F)cc(F)c21. The van der Waals surface area contributed by atoms with Crippen molar-refractivity contribution in [1.82, 2.24) is 0 Å². The van der Waals surface area contributed by atoms with Crippen molar-refractivity contribution < 1.29 is 8.78 Å². The van der Waals surface area contributed by atoms with Gasteiger partial charge in [0.15, 0.2) is 0 Å². The van der Waals surface area contributed by atoms with Crippen LogP contribution in [0.3, 0.4) is 0 Å². The standard InChI is InChI=1S/C11H13F2N/c12-9-5-8-2-1-7(3-4-14)11(8)10(13)6-9/h5-7H,1-4,14H2. The maximum absolute atomic E-state index is 13.4. The molecule has 1 aromatic carbocycles. The highest BCUT2D eigenvalue weighted by atomic mass is 19.1. The van der Waals surface area contributed by atoms with Gasteiger partial charge in [-0.25, -0.2) is 8.78 Å². The van der Waals surface area contributed by atoms with Gasteiger partial charge in [0.2, 0.25) is 0 Å². The number of aryl methyl sites for hydroxylation is 1. The third-order valence-electron chi connectivity index (χ3n) is 2.87. The normalized spacial score (nSPS) is 19.8. The molecule has 1 nitrogen and oxygen atoms in total. The van der Waals surface area contributed by atoms with E-state index < -0.39 is 11.6 Å². The first-order chi connectivity index (χ1) is 6.72. The van der Waals surface area contributed by atoms with Crippen LogP contribution in [0.5, 0.6) is 0 Å². The molecule has 0 saturated heterocycles. The van der Waals surface area contributed by atoms with E-state index in [1.165, 1.54) is 6.07 Å². The molecule has 2 N–H and O–H groups in total. The fourth-order valence-corrected chi connectivity index (χ4v) is 2.27. The Morgan fingerprint density at radius 3 is 2.86 bits per heavy atom. The molecule has 1 unspecified atom stereocenters. The number of halogens is 2. The lowest BCUT2D eigenvalue weighted by Crippen LogP contribution is -2.06. The van der Waals surface area contributed by atoms with E-state index in [2.05, 4.69) is 0 Å². The first-order valence-corrected chi connectivity index (χ1v) is 4.90. The second-order valence-electron chi connectivity index (χ2n) is 3.77. The van der Waals surface area contributed by atoms with Gasteiger partial charge in [0.25, 0.3) is 0 Å². The first-order valence-electron chi connectivity index (χ1n) is 4.90. The summed E-state index contributed by atoms with van der Waals surface area (Å²) in [5.74, 6) is -0.693. The third kappa shape index (κ3) is 1.52. The fraction of sp³-hybridized carbons (Fsp3) is 0.455. The molecule has 0 fully saturated rings. The summed E-state index contributed by atoms with van der Waals surface area (Å²) in [5.41, 5.74) is 6.96. The minimum Gasteiger partial charge on any atom is -0.330 e. The molecule has 76 valence electrons. The molecule has 0 heterocycles. The van der Waals surface area contributed by atoms with Gasteiger partial charge in [0, 0.05) is 6.07 Å². The van der Waals surface area contributed by atoms with Crippen LogP contribution < -0.4 is 5.73 Å². The molecule has 1 atom stereocenters. The summed E-state index contributed by atoms with van der Waals surface area (Å²) in [4.78, 5) is 0. The molecule has 0 aromatic heterocycles. The number of hydrogen-bond acceptors (Lipinski definition) is 1. The maximum Gasteiger partial charge on any atom is 0.129 e. The maximum atomic E-state index is 13.4. The molecule has 0 radical (unpaired) electrons. The van der Waals surface area contributed by atoms with E-state index in [0.29, 0.717) is 12.1 Å². The monoisotopic (exact) mass is 197 g/mol. The number of hydrogen-bond donors (Lipinski definition) is 1. The second-order valence-corrected chi connectivity index (χ2v) is 3.77. The Kier molecular flexibility index (Phi) is 2.50. The molecule has 0 spiro atoms. The van der Waals surface area contributed by atoms with Crippen molar-refractivity contribution in [2.24, 2.45) is 5.73 Å². The fourth-order valence-electron chi connectivity index (χ4n) is 2.27. The molecular formula is C11H13F2N. The molecule has 0 aliphatic heterocycles. The van der Waals surface area contributed by atoms with Crippen molar-refractivity contribution in [3.63, 3.8) is 0 Å². The van der Waals surface area contributed by atoms with Gasteiger partial charge in [-0.05, 0) is 48.9 Å². The van der Waals surface area contributed by atoms with E-state index in [-0.39, 0.29) is 5.92 Å². The number of nitrogens with two attached hydrogens (primary N) is 1. The van der Waals surface area contributed by atoms with E-state index in [1.54, 1.807) is 0 Å². The molecule has 2 rings (SSSR count). The largest absolute Gasteiger partial charge is 0.330 e. The summed E-state index contributed by atoms with van der Waals surface area (Å²) < 4.78 is 26.3. The highest BCUT2D eigenvalue weighted by Gasteiger charge is 2.25.